The van der Waals surface area contributed by atoms with E-state index in [2.05, 4.69) is 24.3 Å². The van der Waals surface area contributed by atoms with Gasteiger partial charge in [-0.25, -0.2) is 0 Å². The predicted molar refractivity (Wildman–Crippen MR) is 54.8 cm³/mol. The first kappa shape index (κ1) is 11.0. The highest BCUT2D eigenvalue weighted by Gasteiger charge is 2.35. The number of rotatable bonds is 6. The summed E-state index contributed by atoms with van der Waals surface area (Å²) in [5.41, 5.74) is 0.228. The lowest BCUT2D eigenvalue weighted by atomic mass is 9.69. The molecule has 1 aliphatic carbocycles. The summed E-state index contributed by atoms with van der Waals surface area (Å²) < 4.78 is 0. The molecule has 0 aromatic rings. The second-order valence-corrected chi connectivity index (χ2v) is 4.49. The molecule has 3 nitrogen and oxygen atoms in total. The third-order valence-electron chi connectivity index (χ3n) is 2.99. The predicted octanol–water partition coefficient (Wildman–Crippen LogP) is 0.300. The minimum Gasteiger partial charge on any atom is -0.396 e. The van der Waals surface area contributed by atoms with Crippen LogP contribution in [0.5, 0.6) is 0 Å². The van der Waals surface area contributed by atoms with Crippen molar-refractivity contribution >= 4 is 0 Å². The molecule has 0 aliphatic heterocycles. The van der Waals surface area contributed by atoms with Gasteiger partial charge < -0.3 is 15.3 Å². The van der Waals surface area contributed by atoms with E-state index in [1.54, 1.807) is 0 Å². The van der Waals surface area contributed by atoms with Gasteiger partial charge in [-0.2, -0.15) is 0 Å². The third kappa shape index (κ3) is 3.25. The Kier molecular flexibility index (Phi) is 4.16. The molecular weight excluding hydrogens is 164 g/mol. The van der Waals surface area contributed by atoms with Crippen molar-refractivity contribution in [2.45, 2.75) is 19.3 Å². The second kappa shape index (κ2) is 4.94. The highest BCUT2D eigenvalue weighted by molar-refractivity contribution is 4.88. The molecular formula is C10H22N2O. The van der Waals surface area contributed by atoms with Crippen LogP contribution in [0.15, 0.2) is 0 Å². The summed E-state index contributed by atoms with van der Waals surface area (Å²) in [6, 6.07) is 0. The van der Waals surface area contributed by atoms with Crippen LogP contribution in [0, 0.1) is 5.41 Å². The van der Waals surface area contributed by atoms with Crippen molar-refractivity contribution in [3.8, 4) is 0 Å². The Morgan fingerprint density at radius 2 is 2.08 bits per heavy atom. The first-order chi connectivity index (χ1) is 6.18. The zero-order chi connectivity index (χ0) is 9.73. The summed E-state index contributed by atoms with van der Waals surface area (Å²) in [5.74, 6) is 0. The van der Waals surface area contributed by atoms with Gasteiger partial charge in [-0.05, 0) is 26.9 Å². The van der Waals surface area contributed by atoms with E-state index in [1.165, 1.54) is 19.3 Å². The van der Waals surface area contributed by atoms with Gasteiger partial charge in [-0.1, -0.05) is 6.42 Å². The number of hydrogen-bond acceptors (Lipinski definition) is 3. The minimum atomic E-state index is 0.228. The zero-order valence-electron chi connectivity index (χ0n) is 8.84. The van der Waals surface area contributed by atoms with E-state index in [0.717, 1.165) is 19.6 Å². The Hall–Kier alpha value is -0.120. The lowest BCUT2D eigenvalue weighted by Gasteiger charge is -2.40. The second-order valence-electron chi connectivity index (χ2n) is 4.49. The van der Waals surface area contributed by atoms with E-state index >= 15 is 0 Å². The fraction of sp³-hybridized carbons (Fsp3) is 1.00. The minimum absolute atomic E-state index is 0.228. The monoisotopic (exact) mass is 186 g/mol. The molecule has 0 atom stereocenters. The van der Waals surface area contributed by atoms with Crippen LogP contribution in [0.3, 0.4) is 0 Å². The lowest BCUT2D eigenvalue weighted by Crippen LogP contribution is -2.44. The van der Waals surface area contributed by atoms with E-state index in [0.29, 0.717) is 6.61 Å². The maximum absolute atomic E-state index is 9.19. The molecule has 1 rings (SSSR count). The number of hydrogen-bond donors (Lipinski definition) is 2. The molecule has 3 heteroatoms. The van der Waals surface area contributed by atoms with Crippen molar-refractivity contribution in [2.24, 2.45) is 5.41 Å². The van der Waals surface area contributed by atoms with Gasteiger partial charge in [0, 0.05) is 31.7 Å². The quantitative estimate of drug-likeness (QED) is 0.586. The van der Waals surface area contributed by atoms with Gasteiger partial charge in [0.2, 0.25) is 0 Å². The molecule has 0 unspecified atom stereocenters. The van der Waals surface area contributed by atoms with Gasteiger partial charge in [0.05, 0.1) is 0 Å². The summed E-state index contributed by atoms with van der Waals surface area (Å²) in [6.07, 6.45) is 3.67. The molecule has 1 aliphatic rings. The maximum Gasteiger partial charge on any atom is 0.0499 e. The molecule has 1 saturated carbocycles. The van der Waals surface area contributed by atoms with Gasteiger partial charge in [0.15, 0.2) is 0 Å². The average Bonchev–Trinajstić information content (AvgIpc) is 2.01. The standard InChI is InChI=1S/C10H22N2O/c1-12(2)7-6-11-8-10(9-13)4-3-5-10/h11,13H,3-9H2,1-2H3. The van der Waals surface area contributed by atoms with Crippen LogP contribution in [0.2, 0.25) is 0 Å². The fourth-order valence-corrected chi connectivity index (χ4v) is 1.72. The zero-order valence-corrected chi connectivity index (χ0v) is 8.84. The SMILES string of the molecule is CN(C)CCNCC1(CO)CCC1. The first-order valence-electron chi connectivity index (χ1n) is 5.15. The van der Waals surface area contributed by atoms with E-state index in [4.69, 9.17) is 0 Å². The normalized spacial score (nSPS) is 20.3. The van der Waals surface area contributed by atoms with Crippen LogP contribution in [-0.4, -0.2) is 50.3 Å². The molecule has 2 N–H and O–H groups in total. The summed E-state index contributed by atoms with van der Waals surface area (Å²) in [7, 11) is 4.15. The summed E-state index contributed by atoms with van der Waals surface area (Å²) in [6.45, 7) is 3.43. The van der Waals surface area contributed by atoms with Crippen LogP contribution in [0.4, 0.5) is 0 Å². The van der Waals surface area contributed by atoms with Gasteiger partial charge in [0.1, 0.15) is 0 Å². The Labute approximate surface area is 81.1 Å². The van der Waals surface area contributed by atoms with Crippen molar-refractivity contribution in [1.82, 2.24) is 10.2 Å². The van der Waals surface area contributed by atoms with Crippen LogP contribution >= 0.6 is 0 Å². The smallest absolute Gasteiger partial charge is 0.0499 e. The molecule has 0 radical (unpaired) electrons. The number of likely N-dealkylation sites (N-methyl/N-ethyl adjacent to an activating group) is 1. The van der Waals surface area contributed by atoms with E-state index in [-0.39, 0.29) is 5.41 Å². The summed E-state index contributed by atoms with van der Waals surface area (Å²) >= 11 is 0. The molecule has 0 aromatic heterocycles. The summed E-state index contributed by atoms with van der Waals surface area (Å²) in [5, 5.41) is 12.6. The molecule has 0 heterocycles. The molecule has 0 amide bonds. The van der Waals surface area contributed by atoms with Crippen LogP contribution in [-0.2, 0) is 0 Å². The summed E-state index contributed by atoms with van der Waals surface area (Å²) in [4.78, 5) is 2.17. The molecule has 0 aromatic carbocycles. The topological polar surface area (TPSA) is 35.5 Å². The number of aliphatic hydroxyl groups excluding tert-OH is 1. The van der Waals surface area contributed by atoms with Crippen molar-refractivity contribution in [3.63, 3.8) is 0 Å². The Bertz CT molecular complexity index is 138. The number of nitrogens with one attached hydrogen (secondary N) is 1. The number of aliphatic hydroxyl groups is 1. The fourth-order valence-electron chi connectivity index (χ4n) is 1.72. The highest BCUT2D eigenvalue weighted by atomic mass is 16.3. The highest BCUT2D eigenvalue weighted by Crippen LogP contribution is 2.39. The lowest BCUT2D eigenvalue weighted by molar-refractivity contribution is 0.0446. The van der Waals surface area contributed by atoms with Gasteiger partial charge in [0.25, 0.3) is 0 Å². The van der Waals surface area contributed by atoms with Crippen molar-refractivity contribution in [1.29, 1.82) is 0 Å². The van der Waals surface area contributed by atoms with Gasteiger partial charge in [-0.15, -0.1) is 0 Å². The molecule has 78 valence electrons. The Morgan fingerprint density at radius 1 is 1.38 bits per heavy atom. The van der Waals surface area contributed by atoms with Crippen LogP contribution in [0.25, 0.3) is 0 Å². The maximum atomic E-state index is 9.19. The average molecular weight is 186 g/mol. The molecule has 1 fully saturated rings. The van der Waals surface area contributed by atoms with Crippen LogP contribution in [0.1, 0.15) is 19.3 Å². The van der Waals surface area contributed by atoms with Crippen molar-refractivity contribution in [2.75, 3.05) is 40.3 Å². The van der Waals surface area contributed by atoms with Gasteiger partial charge >= 0.3 is 0 Å². The van der Waals surface area contributed by atoms with E-state index in [9.17, 15) is 5.11 Å². The molecule has 0 spiro atoms. The third-order valence-corrected chi connectivity index (χ3v) is 2.99. The van der Waals surface area contributed by atoms with Gasteiger partial charge in [-0.3, -0.25) is 0 Å². The molecule has 13 heavy (non-hydrogen) atoms. The molecule has 0 bridgehead atoms. The van der Waals surface area contributed by atoms with Crippen LogP contribution < -0.4 is 5.32 Å². The van der Waals surface area contributed by atoms with Crippen molar-refractivity contribution in [3.05, 3.63) is 0 Å². The van der Waals surface area contributed by atoms with E-state index < -0.39 is 0 Å². The number of nitrogens with zero attached hydrogens (tertiary/aromatic N) is 1. The first-order valence-corrected chi connectivity index (χ1v) is 5.15. The Balaban J connectivity index is 2.04. The largest absolute Gasteiger partial charge is 0.396 e. The van der Waals surface area contributed by atoms with Crippen molar-refractivity contribution < 1.29 is 5.11 Å². The van der Waals surface area contributed by atoms with E-state index in [1.807, 2.05) is 0 Å². The molecule has 0 saturated heterocycles. The Morgan fingerprint density at radius 3 is 2.46 bits per heavy atom.